The van der Waals surface area contributed by atoms with Crippen LogP contribution in [0.3, 0.4) is 0 Å². The molecule has 0 unspecified atom stereocenters. The lowest BCUT2D eigenvalue weighted by Crippen LogP contribution is -2.70. The average Bonchev–Trinajstić information content (AvgIpc) is 3.04. The van der Waals surface area contributed by atoms with Crippen molar-refractivity contribution in [2.75, 3.05) is 0 Å². The van der Waals surface area contributed by atoms with Crippen LogP contribution in [0.2, 0.25) is 0 Å². The molecule has 0 radical (unpaired) electrons. The molecule has 5 rings (SSSR count). The van der Waals surface area contributed by atoms with Crippen molar-refractivity contribution in [3.05, 3.63) is 99.8 Å². The van der Waals surface area contributed by atoms with Gasteiger partial charge in [-0.3, -0.25) is 24.3 Å². The molecule has 7 heteroatoms. The quantitative estimate of drug-likeness (QED) is 0.404. The topological polar surface area (TPSA) is 70.6 Å². The number of hydrogen-bond donors (Lipinski definition) is 0. The van der Waals surface area contributed by atoms with Crippen LogP contribution in [-0.4, -0.2) is 38.5 Å². The Hall–Kier alpha value is -3.32. The summed E-state index contributed by atoms with van der Waals surface area (Å²) < 4.78 is 0.903. The first-order valence-electron chi connectivity index (χ1n) is 10.3. The highest BCUT2D eigenvalue weighted by Crippen LogP contribution is 2.48. The fourth-order valence-corrected chi connectivity index (χ4v) is 4.91. The Morgan fingerprint density at radius 3 is 1.97 bits per heavy atom. The third kappa shape index (κ3) is 2.92. The number of β-lactam (4-membered cyclic amide) rings is 1. The summed E-state index contributed by atoms with van der Waals surface area (Å²) in [5, 5.41) is 0. The number of benzene rings is 2. The molecule has 1 aromatic heterocycles. The molecule has 1 fully saturated rings. The van der Waals surface area contributed by atoms with E-state index >= 15 is 0 Å². The summed E-state index contributed by atoms with van der Waals surface area (Å²) in [7, 11) is 0. The number of rotatable bonds is 4. The van der Waals surface area contributed by atoms with Crippen molar-refractivity contribution in [1.82, 2.24) is 14.8 Å². The largest absolute Gasteiger partial charge is 0.320 e. The van der Waals surface area contributed by atoms with Crippen molar-refractivity contribution in [1.29, 1.82) is 0 Å². The molecule has 1 saturated heterocycles. The van der Waals surface area contributed by atoms with Crippen LogP contribution in [0.25, 0.3) is 0 Å². The van der Waals surface area contributed by atoms with E-state index in [9.17, 15) is 14.4 Å². The highest BCUT2D eigenvalue weighted by atomic mass is 79.9. The number of hydrogen-bond acceptors (Lipinski definition) is 4. The lowest BCUT2D eigenvalue weighted by atomic mass is 9.80. The van der Waals surface area contributed by atoms with Gasteiger partial charge in [-0.15, -0.1) is 0 Å². The zero-order chi connectivity index (χ0) is 22.6. The summed E-state index contributed by atoms with van der Waals surface area (Å²) in [5.41, 5.74) is 1.50. The van der Waals surface area contributed by atoms with E-state index in [4.69, 9.17) is 0 Å². The minimum absolute atomic E-state index is 0.275. The van der Waals surface area contributed by atoms with Crippen LogP contribution in [0.15, 0.2) is 77.4 Å². The first-order valence-corrected chi connectivity index (χ1v) is 11.1. The summed E-state index contributed by atoms with van der Waals surface area (Å²) in [6.45, 7) is 3.86. The van der Waals surface area contributed by atoms with Crippen molar-refractivity contribution in [2.24, 2.45) is 0 Å². The van der Waals surface area contributed by atoms with Crippen molar-refractivity contribution in [3.8, 4) is 0 Å². The van der Waals surface area contributed by atoms with Gasteiger partial charge in [-0.1, -0.05) is 46.3 Å². The highest BCUT2D eigenvalue weighted by molar-refractivity contribution is 9.10. The molecule has 3 heterocycles. The van der Waals surface area contributed by atoms with Crippen LogP contribution in [0.5, 0.6) is 0 Å². The number of aromatic nitrogens is 1. The Morgan fingerprint density at radius 1 is 0.812 bits per heavy atom. The number of fused-ring (bicyclic) bond motifs is 1. The van der Waals surface area contributed by atoms with Crippen LogP contribution >= 0.6 is 15.9 Å². The smallest absolute Gasteiger partial charge is 0.262 e. The lowest BCUT2D eigenvalue weighted by Gasteiger charge is -2.56. The third-order valence-electron chi connectivity index (χ3n) is 6.28. The monoisotopic (exact) mass is 489 g/mol. The predicted molar refractivity (Wildman–Crippen MR) is 122 cm³/mol. The molecule has 0 bridgehead atoms. The van der Waals surface area contributed by atoms with E-state index in [-0.39, 0.29) is 5.91 Å². The Labute approximate surface area is 194 Å². The number of amides is 3. The number of halogens is 1. The van der Waals surface area contributed by atoms with Crippen LogP contribution in [-0.2, 0) is 10.3 Å². The maximum atomic E-state index is 13.6. The molecule has 0 N–H and O–H groups in total. The summed E-state index contributed by atoms with van der Waals surface area (Å²) in [6.07, 6.45) is 1.69. The first kappa shape index (κ1) is 20.6. The van der Waals surface area contributed by atoms with Gasteiger partial charge in [0.25, 0.3) is 11.8 Å². The van der Waals surface area contributed by atoms with Gasteiger partial charge in [0.15, 0.2) is 0 Å². The molecule has 2 aromatic carbocycles. The predicted octanol–water partition coefficient (Wildman–Crippen LogP) is 4.33. The molecule has 3 aromatic rings. The molecule has 32 heavy (non-hydrogen) atoms. The highest BCUT2D eigenvalue weighted by Gasteiger charge is 2.60. The van der Waals surface area contributed by atoms with E-state index in [1.54, 1.807) is 35.4 Å². The van der Waals surface area contributed by atoms with Gasteiger partial charge in [-0.05, 0) is 55.8 Å². The van der Waals surface area contributed by atoms with Gasteiger partial charge < -0.3 is 4.90 Å². The average molecular weight is 490 g/mol. The zero-order valence-corrected chi connectivity index (χ0v) is 19.1. The second kappa shape index (κ2) is 7.38. The summed E-state index contributed by atoms with van der Waals surface area (Å²) in [6, 6.07) is 18.5. The molecular formula is C25H20BrN3O3. The van der Waals surface area contributed by atoms with Gasteiger partial charge in [-0.2, -0.15) is 0 Å². The Morgan fingerprint density at radius 2 is 1.41 bits per heavy atom. The summed E-state index contributed by atoms with van der Waals surface area (Å²) >= 11 is 3.45. The summed E-state index contributed by atoms with van der Waals surface area (Å²) in [5.74, 6) is -1.13. The van der Waals surface area contributed by atoms with Gasteiger partial charge in [0.1, 0.15) is 6.04 Å². The minimum atomic E-state index is -0.911. The second-order valence-electron chi connectivity index (χ2n) is 8.45. The molecule has 0 aliphatic carbocycles. The number of carbonyl (C=O) groups excluding carboxylic acids is 3. The van der Waals surface area contributed by atoms with E-state index < -0.39 is 29.4 Å². The molecule has 3 amide bonds. The lowest BCUT2D eigenvalue weighted by molar-refractivity contribution is -0.168. The van der Waals surface area contributed by atoms with E-state index in [0.717, 1.165) is 20.6 Å². The van der Waals surface area contributed by atoms with Gasteiger partial charge in [0.05, 0.1) is 28.4 Å². The number of imide groups is 1. The van der Waals surface area contributed by atoms with Crippen molar-refractivity contribution in [3.63, 3.8) is 0 Å². The SMILES string of the molecule is CC(C)(c1ccccn1)N1C(=O)[C@@H](N2C(=O)c3ccccc3C2=O)[C@@H]1c1ccc(Br)cc1. The molecule has 2 atom stereocenters. The molecule has 2 aliphatic heterocycles. The van der Waals surface area contributed by atoms with E-state index in [2.05, 4.69) is 20.9 Å². The first-order chi connectivity index (χ1) is 15.3. The maximum Gasteiger partial charge on any atom is 0.262 e. The van der Waals surface area contributed by atoms with Gasteiger partial charge in [0.2, 0.25) is 5.91 Å². The normalized spacial score (nSPS) is 20.4. The van der Waals surface area contributed by atoms with Gasteiger partial charge in [-0.25, -0.2) is 0 Å². The van der Waals surface area contributed by atoms with E-state index in [1.807, 2.05) is 56.3 Å². The molecule has 2 aliphatic rings. The van der Waals surface area contributed by atoms with E-state index in [1.165, 1.54) is 0 Å². The van der Waals surface area contributed by atoms with Crippen LogP contribution in [0, 0.1) is 0 Å². The van der Waals surface area contributed by atoms with Gasteiger partial charge in [0, 0.05) is 10.7 Å². The molecule has 0 spiro atoms. The Kier molecular flexibility index (Phi) is 4.74. The Balaban J connectivity index is 1.60. The fraction of sp³-hybridized carbons (Fsp3) is 0.200. The van der Waals surface area contributed by atoms with Gasteiger partial charge >= 0.3 is 0 Å². The molecular weight excluding hydrogens is 470 g/mol. The fourth-order valence-electron chi connectivity index (χ4n) is 4.65. The number of carbonyl (C=O) groups is 3. The number of likely N-dealkylation sites (tertiary alicyclic amines) is 1. The summed E-state index contributed by atoms with van der Waals surface area (Å²) in [4.78, 5) is 47.2. The van der Waals surface area contributed by atoms with Crippen LogP contribution in [0.1, 0.15) is 51.9 Å². The third-order valence-corrected chi connectivity index (χ3v) is 6.81. The zero-order valence-electron chi connectivity index (χ0n) is 17.5. The standard InChI is InChI=1S/C25H20BrN3O3/c1-25(2,19-9-5-6-14-27-19)29-20(15-10-12-16(26)13-11-15)21(24(29)32)28-22(30)17-7-3-4-8-18(17)23(28)31/h3-14,20-21H,1-2H3/t20-,21-/m0/s1. The van der Waals surface area contributed by atoms with Crippen molar-refractivity contribution >= 4 is 33.7 Å². The molecule has 0 saturated carbocycles. The van der Waals surface area contributed by atoms with Crippen LogP contribution < -0.4 is 0 Å². The second-order valence-corrected chi connectivity index (χ2v) is 9.37. The number of nitrogens with zero attached hydrogens (tertiary/aromatic N) is 3. The minimum Gasteiger partial charge on any atom is -0.320 e. The van der Waals surface area contributed by atoms with Crippen molar-refractivity contribution < 1.29 is 14.4 Å². The van der Waals surface area contributed by atoms with Crippen molar-refractivity contribution in [2.45, 2.75) is 31.5 Å². The van der Waals surface area contributed by atoms with E-state index in [0.29, 0.717) is 11.1 Å². The molecule has 6 nitrogen and oxygen atoms in total. The number of pyridine rings is 1. The maximum absolute atomic E-state index is 13.6. The van der Waals surface area contributed by atoms with Crippen LogP contribution in [0.4, 0.5) is 0 Å². The Bertz CT molecular complexity index is 1210. The molecule has 160 valence electrons.